The van der Waals surface area contributed by atoms with E-state index in [1.165, 1.54) is 0 Å². The van der Waals surface area contributed by atoms with E-state index in [2.05, 4.69) is 15.0 Å². The molecule has 2 aromatic rings. The standard InChI is InChI=1S/C12H13ClN4/c1-7(9-3-4-15-11(13)5-9)10-6-16-8(2)17-12(10)14/h3-7H,1-2H3,(H2,14,16,17). The number of nitrogen functional groups attached to an aromatic ring is 1. The Labute approximate surface area is 105 Å². The van der Waals surface area contributed by atoms with E-state index in [4.69, 9.17) is 17.3 Å². The van der Waals surface area contributed by atoms with Gasteiger partial charge in [-0.15, -0.1) is 0 Å². The number of rotatable bonds is 2. The number of anilines is 1. The average Bonchev–Trinajstić information content (AvgIpc) is 2.28. The van der Waals surface area contributed by atoms with Crippen LogP contribution in [0.4, 0.5) is 5.82 Å². The van der Waals surface area contributed by atoms with Crippen molar-refractivity contribution in [3.63, 3.8) is 0 Å². The maximum atomic E-state index is 5.90. The van der Waals surface area contributed by atoms with Crippen LogP contribution in [0.1, 0.15) is 29.8 Å². The van der Waals surface area contributed by atoms with E-state index in [0.717, 1.165) is 11.1 Å². The minimum Gasteiger partial charge on any atom is -0.383 e. The van der Waals surface area contributed by atoms with Gasteiger partial charge in [0.25, 0.3) is 0 Å². The van der Waals surface area contributed by atoms with Crippen LogP contribution in [0.3, 0.4) is 0 Å². The fourth-order valence-corrected chi connectivity index (χ4v) is 1.88. The minimum absolute atomic E-state index is 0.0936. The Morgan fingerprint density at radius 2 is 2.12 bits per heavy atom. The molecule has 0 fully saturated rings. The molecule has 0 amide bonds. The fraction of sp³-hybridized carbons (Fsp3) is 0.250. The van der Waals surface area contributed by atoms with Crippen molar-refractivity contribution in [2.45, 2.75) is 19.8 Å². The average molecular weight is 249 g/mol. The number of aryl methyl sites for hydroxylation is 1. The summed E-state index contributed by atoms with van der Waals surface area (Å²) in [7, 11) is 0. The third-order valence-corrected chi connectivity index (χ3v) is 2.89. The molecule has 0 radical (unpaired) electrons. The highest BCUT2D eigenvalue weighted by atomic mass is 35.5. The number of nitrogens with two attached hydrogens (primary N) is 1. The summed E-state index contributed by atoms with van der Waals surface area (Å²) in [5.74, 6) is 1.28. The lowest BCUT2D eigenvalue weighted by atomic mass is 9.95. The molecule has 0 saturated heterocycles. The molecule has 2 aromatic heterocycles. The predicted octanol–water partition coefficient (Wildman–Crippen LogP) is 2.57. The van der Waals surface area contributed by atoms with Crippen molar-refractivity contribution < 1.29 is 0 Å². The number of pyridine rings is 1. The van der Waals surface area contributed by atoms with E-state index < -0.39 is 0 Å². The molecular formula is C12H13ClN4. The summed E-state index contributed by atoms with van der Waals surface area (Å²) >= 11 is 5.87. The van der Waals surface area contributed by atoms with Gasteiger partial charge >= 0.3 is 0 Å². The molecule has 0 saturated carbocycles. The van der Waals surface area contributed by atoms with Gasteiger partial charge in [-0.1, -0.05) is 18.5 Å². The molecular weight excluding hydrogens is 236 g/mol. The first-order valence-corrected chi connectivity index (χ1v) is 5.66. The third kappa shape index (κ3) is 2.53. The maximum absolute atomic E-state index is 5.90. The highest BCUT2D eigenvalue weighted by molar-refractivity contribution is 6.29. The van der Waals surface area contributed by atoms with Gasteiger partial charge in [-0.3, -0.25) is 0 Å². The number of nitrogens with zero attached hydrogens (tertiary/aromatic N) is 3. The van der Waals surface area contributed by atoms with Gasteiger partial charge in [0.1, 0.15) is 16.8 Å². The van der Waals surface area contributed by atoms with Crippen LogP contribution in [0.25, 0.3) is 0 Å². The summed E-state index contributed by atoms with van der Waals surface area (Å²) in [6.07, 6.45) is 3.44. The molecule has 2 rings (SSSR count). The summed E-state index contributed by atoms with van der Waals surface area (Å²) in [5.41, 5.74) is 7.84. The zero-order chi connectivity index (χ0) is 12.4. The number of halogens is 1. The largest absolute Gasteiger partial charge is 0.383 e. The second-order valence-corrected chi connectivity index (χ2v) is 4.28. The molecule has 5 heteroatoms. The van der Waals surface area contributed by atoms with Crippen LogP contribution in [0.15, 0.2) is 24.5 Å². The van der Waals surface area contributed by atoms with E-state index in [-0.39, 0.29) is 5.92 Å². The lowest BCUT2D eigenvalue weighted by Gasteiger charge is -2.13. The molecule has 0 aliphatic heterocycles. The molecule has 2 heterocycles. The van der Waals surface area contributed by atoms with E-state index in [0.29, 0.717) is 16.8 Å². The molecule has 2 N–H and O–H groups in total. The minimum atomic E-state index is 0.0936. The first-order valence-electron chi connectivity index (χ1n) is 5.28. The number of aromatic nitrogens is 3. The first kappa shape index (κ1) is 11.8. The molecule has 1 atom stereocenters. The third-order valence-electron chi connectivity index (χ3n) is 2.69. The van der Waals surface area contributed by atoms with Crippen molar-refractivity contribution in [3.05, 3.63) is 46.6 Å². The van der Waals surface area contributed by atoms with Gasteiger partial charge in [-0.2, -0.15) is 0 Å². The van der Waals surface area contributed by atoms with Gasteiger partial charge in [0.05, 0.1) is 0 Å². The molecule has 0 spiro atoms. The predicted molar refractivity (Wildman–Crippen MR) is 67.9 cm³/mol. The molecule has 88 valence electrons. The van der Waals surface area contributed by atoms with Crippen LogP contribution in [0.5, 0.6) is 0 Å². The van der Waals surface area contributed by atoms with E-state index in [9.17, 15) is 0 Å². The highest BCUT2D eigenvalue weighted by Gasteiger charge is 2.13. The molecule has 4 nitrogen and oxygen atoms in total. The maximum Gasteiger partial charge on any atom is 0.130 e. The van der Waals surface area contributed by atoms with Gasteiger partial charge in [-0.25, -0.2) is 15.0 Å². The van der Waals surface area contributed by atoms with Gasteiger partial charge < -0.3 is 5.73 Å². The molecule has 0 aliphatic rings. The van der Waals surface area contributed by atoms with E-state index in [1.54, 1.807) is 12.4 Å². The van der Waals surface area contributed by atoms with Gasteiger partial charge in [-0.05, 0) is 24.6 Å². The van der Waals surface area contributed by atoms with Crippen molar-refractivity contribution in [1.82, 2.24) is 15.0 Å². The Morgan fingerprint density at radius 1 is 1.35 bits per heavy atom. The number of hydrogen-bond acceptors (Lipinski definition) is 4. The molecule has 17 heavy (non-hydrogen) atoms. The van der Waals surface area contributed by atoms with Gasteiger partial charge in [0, 0.05) is 23.9 Å². The van der Waals surface area contributed by atoms with Crippen LogP contribution in [-0.2, 0) is 0 Å². The summed E-state index contributed by atoms with van der Waals surface area (Å²) in [4.78, 5) is 12.3. The topological polar surface area (TPSA) is 64.7 Å². The van der Waals surface area contributed by atoms with Crippen LogP contribution >= 0.6 is 11.6 Å². The smallest absolute Gasteiger partial charge is 0.130 e. The second-order valence-electron chi connectivity index (χ2n) is 3.89. The van der Waals surface area contributed by atoms with Crippen LogP contribution in [0, 0.1) is 6.92 Å². The molecule has 0 aromatic carbocycles. The van der Waals surface area contributed by atoms with Crippen molar-refractivity contribution >= 4 is 17.4 Å². The van der Waals surface area contributed by atoms with Gasteiger partial charge in [0.15, 0.2) is 0 Å². The quantitative estimate of drug-likeness (QED) is 0.830. The fourth-order valence-electron chi connectivity index (χ4n) is 1.70. The summed E-state index contributed by atoms with van der Waals surface area (Å²) in [6, 6.07) is 3.74. The zero-order valence-electron chi connectivity index (χ0n) is 9.68. The summed E-state index contributed by atoms with van der Waals surface area (Å²) in [6.45, 7) is 3.85. The highest BCUT2D eigenvalue weighted by Crippen LogP contribution is 2.27. The Morgan fingerprint density at radius 3 is 2.76 bits per heavy atom. The monoisotopic (exact) mass is 248 g/mol. The Kier molecular flexibility index (Phi) is 3.24. The second kappa shape index (κ2) is 4.67. The van der Waals surface area contributed by atoms with E-state index >= 15 is 0 Å². The summed E-state index contributed by atoms with van der Waals surface area (Å²) in [5, 5.41) is 0.473. The zero-order valence-corrected chi connectivity index (χ0v) is 10.4. The van der Waals surface area contributed by atoms with Crippen molar-refractivity contribution in [3.8, 4) is 0 Å². The lowest BCUT2D eigenvalue weighted by Crippen LogP contribution is -2.05. The SMILES string of the molecule is Cc1ncc(C(C)c2ccnc(Cl)c2)c(N)n1. The van der Waals surface area contributed by atoms with Crippen LogP contribution < -0.4 is 5.73 Å². The van der Waals surface area contributed by atoms with Crippen molar-refractivity contribution in [1.29, 1.82) is 0 Å². The normalized spacial score (nSPS) is 12.4. The molecule has 1 unspecified atom stereocenters. The van der Waals surface area contributed by atoms with Gasteiger partial charge in [0.2, 0.25) is 0 Å². The Bertz CT molecular complexity index is 542. The van der Waals surface area contributed by atoms with E-state index in [1.807, 2.05) is 26.0 Å². The lowest BCUT2D eigenvalue weighted by molar-refractivity contribution is 0.886. The van der Waals surface area contributed by atoms with Crippen LogP contribution in [-0.4, -0.2) is 15.0 Å². The summed E-state index contributed by atoms with van der Waals surface area (Å²) < 4.78 is 0. The Hall–Kier alpha value is -1.68. The Balaban J connectivity index is 2.40. The van der Waals surface area contributed by atoms with Crippen molar-refractivity contribution in [2.24, 2.45) is 0 Å². The molecule has 0 bridgehead atoms. The first-order chi connectivity index (χ1) is 8.08. The number of hydrogen-bond donors (Lipinski definition) is 1. The van der Waals surface area contributed by atoms with Crippen molar-refractivity contribution in [2.75, 3.05) is 5.73 Å². The van der Waals surface area contributed by atoms with Crippen LogP contribution in [0.2, 0.25) is 5.15 Å². The molecule has 0 aliphatic carbocycles.